The van der Waals surface area contributed by atoms with Crippen LogP contribution in [0.5, 0.6) is 0 Å². The van der Waals surface area contributed by atoms with Crippen molar-refractivity contribution in [2.45, 2.75) is 33.6 Å². The van der Waals surface area contributed by atoms with Gasteiger partial charge >= 0.3 is 0 Å². The van der Waals surface area contributed by atoms with E-state index < -0.39 is 0 Å². The van der Waals surface area contributed by atoms with Gasteiger partial charge in [0.1, 0.15) is 5.82 Å². The van der Waals surface area contributed by atoms with Crippen LogP contribution in [-0.2, 0) is 0 Å². The van der Waals surface area contributed by atoms with Crippen molar-refractivity contribution < 1.29 is 4.79 Å². The normalized spacial score (nSPS) is 22.6. The molecule has 2 rings (SSSR count). The van der Waals surface area contributed by atoms with Gasteiger partial charge in [0.2, 0.25) is 0 Å². The largest absolute Gasteiger partial charge is 0.370 e. The maximum absolute atomic E-state index is 12.6. The molecule has 2 heterocycles. The number of carbonyl (C=O) groups excluding carboxylic acids is 1. The molecule has 0 aromatic carbocycles. The van der Waals surface area contributed by atoms with Gasteiger partial charge in [-0.25, -0.2) is 4.98 Å². The molecule has 0 saturated carbocycles. The number of aromatic nitrogens is 1. The minimum atomic E-state index is 0.130. The van der Waals surface area contributed by atoms with E-state index in [1.165, 1.54) is 6.42 Å². The highest BCUT2D eigenvalue weighted by molar-refractivity contribution is 5.94. The Balaban J connectivity index is 2.08. The molecule has 1 aliphatic heterocycles. The van der Waals surface area contributed by atoms with Crippen LogP contribution in [0, 0.1) is 11.8 Å². The quantitative estimate of drug-likeness (QED) is 0.918. The first-order valence-corrected chi connectivity index (χ1v) is 7.59. The molecular formula is C16H25N3O. The van der Waals surface area contributed by atoms with Gasteiger partial charge in [-0.15, -0.1) is 0 Å². The standard InChI is InChI=1S/C16H25N3O/c1-4-6-17-15-9-14(5-7-18-15)16(20)19-10-12(2)8-13(3)11-19/h5,7,9,12-13H,4,6,8,10-11H2,1-3H3,(H,17,18). The number of nitrogens with zero attached hydrogens (tertiary/aromatic N) is 2. The van der Waals surface area contributed by atoms with Gasteiger partial charge in [-0.05, 0) is 36.8 Å². The minimum absolute atomic E-state index is 0.130. The highest BCUT2D eigenvalue weighted by atomic mass is 16.2. The number of anilines is 1. The molecule has 0 spiro atoms. The Labute approximate surface area is 121 Å². The smallest absolute Gasteiger partial charge is 0.254 e. The number of piperidine rings is 1. The first kappa shape index (κ1) is 14.8. The van der Waals surface area contributed by atoms with E-state index in [-0.39, 0.29) is 5.91 Å². The summed E-state index contributed by atoms with van der Waals surface area (Å²) in [5, 5.41) is 3.23. The third-order valence-corrected chi connectivity index (χ3v) is 3.72. The molecule has 1 N–H and O–H groups in total. The second-order valence-corrected chi connectivity index (χ2v) is 6.01. The number of likely N-dealkylation sites (tertiary alicyclic amines) is 1. The number of rotatable bonds is 4. The molecular weight excluding hydrogens is 250 g/mol. The first-order valence-electron chi connectivity index (χ1n) is 7.59. The van der Waals surface area contributed by atoms with Gasteiger partial charge in [0.15, 0.2) is 0 Å². The van der Waals surface area contributed by atoms with E-state index in [1.54, 1.807) is 6.20 Å². The van der Waals surface area contributed by atoms with E-state index in [9.17, 15) is 4.79 Å². The SMILES string of the molecule is CCCNc1cc(C(=O)N2CC(C)CC(C)C2)ccn1. The third kappa shape index (κ3) is 3.71. The number of hydrogen-bond donors (Lipinski definition) is 1. The predicted molar refractivity (Wildman–Crippen MR) is 81.9 cm³/mol. The van der Waals surface area contributed by atoms with Crippen LogP contribution < -0.4 is 5.32 Å². The lowest BCUT2D eigenvalue weighted by Crippen LogP contribution is -2.42. The van der Waals surface area contributed by atoms with Crippen molar-refractivity contribution in [3.63, 3.8) is 0 Å². The van der Waals surface area contributed by atoms with Crippen molar-refractivity contribution in [2.75, 3.05) is 25.0 Å². The van der Waals surface area contributed by atoms with Gasteiger partial charge in [-0.3, -0.25) is 4.79 Å². The van der Waals surface area contributed by atoms with Crippen LogP contribution in [0.4, 0.5) is 5.82 Å². The minimum Gasteiger partial charge on any atom is -0.370 e. The summed E-state index contributed by atoms with van der Waals surface area (Å²) in [7, 11) is 0. The molecule has 0 bridgehead atoms. The van der Waals surface area contributed by atoms with Gasteiger partial charge in [0.25, 0.3) is 5.91 Å². The monoisotopic (exact) mass is 275 g/mol. The average molecular weight is 275 g/mol. The summed E-state index contributed by atoms with van der Waals surface area (Å²) in [5.41, 5.74) is 0.736. The molecule has 1 amide bonds. The summed E-state index contributed by atoms with van der Waals surface area (Å²) in [4.78, 5) is 18.8. The van der Waals surface area contributed by atoms with Crippen molar-refractivity contribution in [2.24, 2.45) is 11.8 Å². The number of amides is 1. The Morgan fingerprint density at radius 1 is 1.40 bits per heavy atom. The molecule has 20 heavy (non-hydrogen) atoms. The van der Waals surface area contributed by atoms with Gasteiger partial charge in [-0.2, -0.15) is 0 Å². The summed E-state index contributed by atoms with van der Waals surface area (Å²) in [6.07, 6.45) is 3.96. The fourth-order valence-electron chi connectivity index (χ4n) is 2.92. The van der Waals surface area contributed by atoms with Crippen LogP contribution >= 0.6 is 0 Å². The molecule has 1 saturated heterocycles. The first-order chi connectivity index (χ1) is 9.60. The fraction of sp³-hybridized carbons (Fsp3) is 0.625. The van der Waals surface area contributed by atoms with Gasteiger partial charge in [0.05, 0.1) is 0 Å². The van der Waals surface area contributed by atoms with Crippen LogP contribution in [0.25, 0.3) is 0 Å². The zero-order chi connectivity index (χ0) is 14.5. The van der Waals surface area contributed by atoms with Crippen molar-refractivity contribution in [3.05, 3.63) is 23.9 Å². The lowest BCUT2D eigenvalue weighted by Gasteiger charge is -2.35. The molecule has 0 aliphatic carbocycles. The number of hydrogen-bond acceptors (Lipinski definition) is 3. The van der Waals surface area contributed by atoms with Crippen LogP contribution in [-0.4, -0.2) is 35.4 Å². The predicted octanol–water partition coefficient (Wildman–Crippen LogP) is 3.02. The van der Waals surface area contributed by atoms with E-state index in [4.69, 9.17) is 0 Å². The molecule has 1 fully saturated rings. The van der Waals surface area contributed by atoms with E-state index in [0.29, 0.717) is 11.8 Å². The van der Waals surface area contributed by atoms with Crippen LogP contribution in [0.15, 0.2) is 18.3 Å². The van der Waals surface area contributed by atoms with Crippen LogP contribution in [0.3, 0.4) is 0 Å². The zero-order valence-electron chi connectivity index (χ0n) is 12.7. The Kier molecular flexibility index (Phi) is 4.99. The van der Waals surface area contributed by atoms with Crippen molar-refractivity contribution >= 4 is 11.7 Å². The third-order valence-electron chi connectivity index (χ3n) is 3.72. The molecule has 1 aromatic heterocycles. The molecule has 110 valence electrons. The van der Waals surface area contributed by atoms with Crippen molar-refractivity contribution in [1.82, 2.24) is 9.88 Å². The summed E-state index contributed by atoms with van der Waals surface area (Å²) in [6, 6.07) is 3.67. The molecule has 2 atom stereocenters. The Morgan fingerprint density at radius 2 is 2.10 bits per heavy atom. The highest BCUT2D eigenvalue weighted by Crippen LogP contribution is 2.22. The summed E-state index contributed by atoms with van der Waals surface area (Å²) < 4.78 is 0. The number of nitrogens with one attached hydrogen (secondary N) is 1. The van der Waals surface area contributed by atoms with Gasteiger partial charge < -0.3 is 10.2 Å². The lowest BCUT2D eigenvalue weighted by molar-refractivity contribution is 0.0623. The Morgan fingerprint density at radius 3 is 2.75 bits per heavy atom. The average Bonchev–Trinajstić information content (AvgIpc) is 2.43. The Bertz CT molecular complexity index is 451. The second kappa shape index (κ2) is 6.73. The van der Waals surface area contributed by atoms with Crippen molar-refractivity contribution in [1.29, 1.82) is 0 Å². The topological polar surface area (TPSA) is 45.2 Å². The van der Waals surface area contributed by atoms with Gasteiger partial charge in [-0.1, -0.05) is 20.8 Å². The zero-order valence-corrected chi connectivity index (χ0v) is 12.7. The summed E-state index contributed by atoms with van der Waals surface area (Å²) in [5.74, 6) is 2.09. The molecule has 1 aliphatic rings. The number of carbonyl (C=O) groups is 1. The second-order valence-electron chi connectivity index (χ2n) is 6.01. The van der Waals surface area contributed by atoms with E-state index in [0.717, 1.165) is 37.4 Å². The fourth-order valence-corrected chi connectivity index (χ4v) is 2.92. The summed E-state index contributed by atoms with van der Waals surface area (Å²) in [6.45, 7) is 9.15. The molecule has 4 nitrogen and oxygen atoms in total. The van der Waals surface area contributed by atoms with Crippen molar-refractivity contribution in [3.8, 4) is 0 Å². The maximum Gasteiger partial charge on any atom is 0.254 e. The van der Waals surface area contributed by atoms with Gasteiger partial charge in [0, 0.05) is 31.4 Å². The van der Waals surface area contributed by atoms with E-state index >= 15 is 0 Å². The molecule has 4 heteroatoms. The number of pyridine rings is 1. The van der Waals surface area contributed by atoms with E-state index in [1.807, 2.05) is 17.0 Å². The lowest BCUT2D eigenvalue weighted by atomic mass is 9.91. The molecule has 2 unspecified atom stereocenters. The highest BCUT2D eigenvalue weighted by Gasteiger charge is 2.26. The molecule has 1 aromatic rings. The van der Waals surface area contributed by atoms with E-state index in [2.05, 4.69) is 31.1 Å². The summed E-state index contributed by atoms with van der Waals surface area (Å²) >= 11 is 0. The van der Waals surface area contributed by atoms with Crippen LogP contribution in [0.1, 0.15) is 44.0 Å². The van der Waals surface area contributed by atoms with Crippen LogP contribution in [0.2, 0.25) is 0 Å². The molecule has 0 radical (unpaired) electrons. The Hall–Kier alpha value is -1.58. The maximum atomic E-state index is 12.6.